The Labute approximate surface area is 185 Å². The van der Waals surface area contributed by atoms with Crippen LogP contribution in [0.3, 0.4) is 0 Å². The summed E-state index contributed by atoms with van der Waals surface area (Å²) in [6, 6.07) is 0. The van der Waals surface area contributed by atoms with E-state index in [1.54, 1.807) is 0 Å². The average molecular weight is 450 g/mol. The third-order valence-corrected chi connectivity index (χ3v) is 9.72. The maximum Gasteiger partial charge on any atom is 0.244 e. The highest BCUT2D eigenvalue weighted by Gasteiger charge is 2.64. The molecule has 0 aromatic heterocycles. The molecule has 31 heavy (non-hydrogen) atoms. The molecule has 3 saturated carbocycles. The van der Waals surface area contributed by atoms with Crippen molar-refractivity contribution in [1.82, 2.24) is 4.83 Å². The lowest BCUT2D eigenvalue weighted by molar-refractivity contribution is -0.123. The van der Waals surface area contributed by atoms with Gasteiger partial charge in [-0.25, -0.2) is 13.2 Å². The summed E-state index contributed by atoms with van der Waals surface area (Å²) in [6.07, 6.45) is 10.2. The molecule has 0 unspecified atom stereocenters. The van der Waals surface area contributed by atoms with E-state index in [2.05, 4.69) is 41.6 Å². The van der Waals surface area contributed by atoms with Crippen LogP contribution in [0.4, 0.5) is 0 Å². The number of fused-ring (bicyclic) bond motifs is 5. The maximum atomic E-state index is 11.5. The van der Waals surface area contributed by atoms with Crippen LogP contribution >= 0.6 is 0 Å². The van der Waals surface area contributed by atoms with Gasteiger partial charge in [-0.2, -0.15) is 5.10 Å². The Morgan fingerprint density at radius 3 is 2.52 bits per heavy atom. The van der Waals surface area contributed by atoms with Gasteiger partial charge in [0.05, 0.1) is 11.9 Å². The molecule has 3 fully saturated rings. The summed E-state index contributed by atoms with van der Waals surface area (Å²) >= 11 is 0. The molecule has 0 aromatic rings. The van der Waals surface area contributed by atoms with Crippen LogP contribution in [0.25, 0.3) is 0 Å². The average Bonchev–Trinajstić information content (AvgIpc) is 2.93. The van der Waals surface area contributed by atoms with Crippen molar-refractivity contribution < 1.29 is 18.7 Å². The number of sulfonamides is 1. The third kappa shape index (κ3) is 3.37. The molecule has 3 N–H and O–H groups in total. The molecule has 4 aliphatic rings. The second-order valence-electron chi connectivity index (χ2n) is 10.8. The number of allylic oxidation sites excluding steroid dienone is 3. The predicted molar refractivity (Wildman–Crippen MR) is 121 cm³/mol. The van der Waals surface area contributed by atoms with Gasteiger partial charge in [-0.15, -0.1) is 6.58 Å². The Bertz CT molecular complexity index is 983. The maximum absolute atomic E-state index is 11.5. The van der Waals surface area contributed by atoms with Gasteiger partial charge in [0.25, 0.3) is 0 Å². The number of hydrazone groups is 1. The molecule has 7 atom stereocenters. The summed E-state index contributed by atoms with van der Waals surface area (Å²) in [5.41, 5.74) is 1.06. The van der Waals surface area contributed by atoms with E-state index in [1.807, 2.05) is 13.0 Å². The topological polar surface area (TPSA) is 111 Å². The minimum absolute atomic E-state index is 0.0956. The summed E-state index contributed by atoms with van der Waals surface area (Å²) in [5, 5.41) is 28.4. The van der Waals surface area contributed by atoms with Gasteiger partial charge in [-0.05, 0) is 79.6 Å². The molecule has 0 bridgehead atoms. The number of rotatable bonds is 3. The van der Waals surface area contributed by atoms with Crippen LogP contribution < -0.4 is 4.83 Å². The lowest BCUT2D eigenvalue weighted by Gasteiger charge is -2.60. The molecule has 0 aromatic carbocycles. The van der Waals surface area contributed by atoms with Gasteiger partial charge in [-0.3, -0.25) is 0 Å². The number of aliphatic hydroxyl groups is 1. The van der Waals surface area contributed by atoms with E-state index in [9.17, 15) is 18.7 Å². The van der Waals surface area contributed by atoms with Crippen LogP contribution in [0.5, 0.6) is 0 Å². The smallest absolute Gasteiger partial charge is 0.244 e. The van der Waals surface area contributed by atoms with Crippen LogP contribution in [-0.2, 0) is 10.0 Å². The number of oxime groups is 1. The number of nitrogens with one attached hydrogen (secondary N) is 1. The lowest BCUT2D eigenvalue weighted by Crippen LogP contribution is -2.56. The van der Waals surface area contributed by atoms with Crippen molar-refractivity contribution in [3.05, 3.63) is 24.3 Å². The zero-order chi connectivity index (χ0) is 22.8. The molecule has 7 nitrogen and oxygen atoms in total. The molecule has 0 spiro atoms. The van der Waals surface area contributed by atoms with Crippen molar-refractivity contribution in [2.24, 2.45) is 44.8 Å². The number of hydrogen-bond acceptors (Lipinski definition) is 6. The van der Waals surface area contributed by atoms with E-state index in [1.165, 1.54) is 5.57 Å². The van der Waals surface area contributed by atoms with Crippen molar-refractivity contribution in [3.8, 4) is 0 Å². The van der Waals surface area contributed by atoms with Gasteiger partial charge < -0.3 is 10.3 Å². The summed E-state index contributed by atoms with van der Waals surface area (Å²) < 4.78 is 23.0. The van der Waals surface area contributed by atoms with E-state index >= 15 is 0 Å². The number of nitrogens with zero attached hydrogens (tertiary/aromatic N) is 2. The highest BCUT2D eigenvalue weighted by molar-refractivity contribution is 7.88. The summed E-state index contributed by atoms with van der Waals surface area (Å²) in [6.45, 7) is 10.7. The van der Waals surface area contributed by atoms with Crippen molar-refractivity contribution >= 4 is 21.4 Å². The zero-order valence-corrected chi connectivity index (χ0v) is 19.7. The Balaban J connectivity index is 1.76. The minimum atomic E-state index is -3.51. The highest BCUT2D eigenvalue weighted by Crippen LogP contribution is 2.68. The first-order valence-electron chi connectivity index (χ1n) is 11.2. The first-order chi connectivity index (χ1) is 14.4. The Morgan fingerprint density at radius 2 is 1.90 bits per heavy atom. The first-order valence-corrected chi connectivity index (χ1v) is 13.1. The van der Waals surface area contributed by atoms with Crippen LogP contribution in [0.1, 0.15) is 59.3 Å². The molecule has 8 heteroatoms. The molecule has 172 valence electrons. The van der Waals surface area contributed by atoms with E-state index < -0.39 is 15.6 Å². The summed E-state index contributed by atoms with van der Waals surface area (Å²) in [7, 11) is -3.51. The van der Waals surface area contributed by atoms with Crippen molar-refractivity contribution in [1.29, 1.82) is 0 Å². The third-order valence-electron chi connectivity index (χ3n) is 9.29. The van der Waals surface area contributed by atoms with Crippen LogP contribution in [-0.4, -0.2) is 42.0 Å². The van der Waals surface area contributed by atoms with Crippen LogP contribution in [0.2, 0.25) is 0 Å². The predicted octanol–water partition coefficient (Wildman–Crippen LogP) is 3.46. The minimum Gasteiger partial charge on any atom is -0.411 e. The van der Waals surface area contributed by atoms with Crippen LogP contribution in [0.15, 0.2) is 34.6 Å². The summed E-state index contributed by atoms with van der Waals surface area (Å²) in [5.74, 6) is 1.52. The fourth-order valence-corrected chi connectivity index (χ4v) is 7.62. The van der Waals surface area contributed by atoms with Crippen molar-refractivity contribution in [2.45, 2.75) is 64.9 Å². The molecular formula is C23H35N3O4S. The lowest BCUT2D eigenvalue weighted by atomic mass is 9.44. The normalized spacial score (nSPS) is 47.3. The van der Waals surface area contributed by atoms with Gasteiger partial charge >= 0.3 is 0 Å². The second kappa shape index (κ2) is 7.17. The van der Waals surface area contributed by atoms with E-state index in [0.29, 0.717) is 41.5 Å². The molecule has 0 saturated heterocycles. The van der Waals surface area contributed by atoms with Gasteiger partial charge in [0.15, 0.2) is 0 Å². The van der Waals surface area contributed by atoms with Gasteiger partial charge in [0, 0.05) is 6.42 Å². The van der Waals surface area contributed by atoms with Crippen molar-refractivity contribution in [3.63, 3.8) is 0 Å². The SMILES string of the molecule is C=C[C@@H]1CC2=CC(=N\NS(C)(=O)=O)/C(=N\O)C[C@]2(C)[C@H]2CC[C@@]3(C)[C@@H](CC[C@]3(C)O)[C@H]12. The van der Waals surface area contributed by atoms with Crippen molar-refractivity contribution in [2.75, 3.05) is 6.26 Å². The standard InChI is InChI=1S/C23H35N3O4S/c1-6-14-11-15-12-18(24-26-31(5,29)30)19(25-28)13-21(15,2)16-7-9-22(3)17(20(14)16)8-10-23(22,4)27/h6,12,14,16-17,20,26-28H,1,7-11,13H2,2-5H3/b24-18+,25-19-/t14-,16+,17+,20-,21+,22+,23+/m1/s1. The van der Waals surface area contributed by atoms with Crippen LogP contribution in [0, 0.1) is 34.5 Å². The molecule has 0 amide bonds. The molecule has 4 aliphatic carbocycles. The Hall–Kier alpha value is -1.67. The zero-order valence-electron chi connectivity index (χ0n) is 18.9. The highest BCUT2D eigenvalue weighted by atomic mass is 32.2. The van der Waals surface area contributed by atoms with Gasteiger partial charge in [0.1, 0.15) is 11.4 Å². The molecule has 4 rings (SSSR count). The Kier molecular flexibility index (Phi) is 5.21. The number of hydrogen-bond donors (Lipinski definition) is 3. The van der Waals surface area contributed by atoms with Gasteiger partial charge in [-0.1, -0.05) is 30.7 Å². The van der Waals surface area contributed by atoms with E-state index in [4.69, 9.17) is 0 Å². The Morgan fingerprint density at radius 1 is 1.23 bits per heavy atom. The monoisotopic (exact) mass is 449 g/mol. The molecule has 0 heterocycles. The van der Waals surface area contributed by atoms with Gasteiger partial charge in [0.2, 0.25) is 10.0 Å². The van der Waals surface area contributed by atoms with E-state index in [0.717, 1.165) is 38.4 Å². The largest absolute Gasteiger partial charge is 0.411 e. The molecule has 0 radical (unpaired) electrons. The molecule has 0 aliphatic heterocycles. The van der Waals surface area contributed by atoms with E-state index in [-0.39, 0.29) is 10.8 Å². The molecular weight excluding hydrogens is 414 g/mol. The summed E-state index contributed by atoms with van der Waals surface area (Å²) in [4.78, 5) is 2.17. The fourth-order valence-electron chi connectivity index (χ4n) is 7.35. The fraction of sp³-hybridized carbons (Fsp3) is 0.739. The quantitative estimate of drug-likeness (QED) is 0.348. The first kappa shape index (κ1) is 22.5. The second-order valence-corrected chi connectivity index (χ2v) is 12.6.